The third-order valence-corrected chi connectivity index (χ3v) is 3.51. The summed E-state index contributed by atoms with van der Waals surface area (Å²) < 4.78 is 7.41. The van der Waals surface area contributed by atoms with E-state index in [2.05, 4.69) is 28.0 Å². The second kappa shape index (κ2) is 4.79. The SMILES string of the molecule is Cc1cc(N2CC(CO)OCC2C)n2ncnc2c1. The number of aliphatic hydroxyl groups is 1. The molecule has 0 saturated carbocycles. The Hall–Kier alpha value is -1.66. The molecule has 102 valence electrons. The molecule has 0 aromatic carbocycles. The number of nitrogens with zero attached hydrogens (tertiary/aromatic N) is 4. The van der Waals surface area contributed by atoms with Crippen LogP contribution in [0.3, 0.4) is 0 Å². The van der Waals surface area contributed by atoms with E-state index in [1.165, 1.54) is 0 Å². The van der Waals surface area contributed by atoms with Crippen LogP contribution in [0.5, 0.6) is 0 Å². The summed E-state index contributed by atoms with van der Waals surface area (Å²) in [6.07, 6.45) is 1.42. The smallest absolute Gasteiger partial charge is 0.157 e. The number of aliphatic hydroxyl groups excluding tert-OH is 1. The maximum atomic E-state index is 9.28. The first kappa shape index (κ1) is 12.4. The lowest BCUT2D eigenvalue weighted by atomic mass is 10.2. The number of hydrogen-bond donors (Lipinski definition) is 1. The molecule has 3 rings (SSSR count). The van der Waals surface area contributed by atoms with Gasteiger partial charge in [0, 0.05) is 6.54 Å². The van der Waals surface area contributed by atoms with Crippen molar-refractivity contribution in [1.29, 1.82) is 0 Å². The summed E-state index contributed by atoms with van der Waals surface area (Å²) in [4.78, 5) is 6.47. The van der Waals surface area contributed by atoms with E-state index in [1.807, 2.05) is 17.5 Å². The zero-order valence-corrected chi connectivity index (χ0v) is 11.2. The number of pyridine rings is 1. The zero-order chi connectivity index (χ0) is 13.4. The molecule has 1 saturated heterocycles. The maximum Gasteiger partial charge on any atom is 0.157 e. The third-order valence-electron chi connectivity index (χ3n) is 3.51. The monoisotopic (exact) mass is 262 g/mol. The molecule has 0 amide bonds. The van der Waals surface area contributed by atoms with Crippen molar-refractivity contribution in [3.05, 3.63) is 24.0 Å². The number of fused-ring (bicyclic) bond motifs is 1. The number of morpholine rings is 1. The van der Waals surface area contributed by atoms with Crippen LogP contribution in [0.15, 0.2) is 18.5 Å². The van der Waals surface area contributed by atoms with Crippen LogP contribution in [0.2, 0.25) is 0 Å². The van der Waals surface area contributed by atoms with E-state index in [0.717, 1.165) is 17.0 Å². The fourth-order valence-electron chi connectivity index (χ4n) is 2.49. The van der Waals surface area contributed by atoms with E-state index in [1.54, 1.807) is 6.33 Å². The Labute approximate surface area is 111 Å². The molecule has 1 aliphatic heterocycles. The highest BCUT2D eigenvalue weighted by atomic mass is 16.5. The summed E-state index contributed by atoms with van der Waals surface area (Å²) in [7, 11) is 0. The largest absolute Gasteiger partial charge is 0.394 e. The standard InChI is InChI=1S/C13H18N4O2/c1-9-3-12-14-8-15-17(12)13(4-9)16-5-11(6-18)19-7-10(16)2/h3-4,8,10-11,18H,5-7H2,1-2H3. The molecular weight excluding hydrogens is 244 g/mol. The van der Waals surface area contributed by atoms with E-state index in [4.69, 9.17) is 4.74 Å². The number of anilines is 1. The molecular formula is C13H18N4O2. The number of ether oxygens (including phenoxy) is 1. The van der Waals surface area contributed by atoms with Crippen LogP contribution in [-0.2, 0) is 4.74 Å². The second-order valence-corrected chi connectivity index (χ2v) is 5.06. The fraction of sp³-hybridized carbons (Fsp3) is 0.538. The second-order valence-electron chi connectivity index (χ2n) is 5.06. The molecule has 3 heterocycles. The van der Waals surface area contributed by atoms with E-state index in [-0.39, 0.29) is 18.8 Å². The van der Waals surface area contributed by atoms with Crippen LogP contribution < -0.4 is 4.90 Å². The molecule has 1 aliphatic rings. The van der Waals surface area contributed by atoms with Crippen molar-refractivity contribution in [2.75, 3.05) is 24.7 Å². The minimum absolute atomic E-state index is 0.0372. The Balaban J connectivity index is 2.04. The van der Waals surface area contributed by atoms with Gasteiger partial charge in [0.25, 0.3) is 0 Å². The van der Waals surface area contributed by atoms with Crippen molar-refractivity contribution in [1.82, 2.24) is 14.6 Å². The highest BCUT2D eigenvalue weighted by molar-refractivity contribution is 5.53. The Morgan fingerprint density at radius 3 is 3.11 bits per heavy atom. The molecule has 6 heteroatoms. The first-order valence-electron chi connectivity index (χ1n) is 6.48. The minimum Gasteiger partial charge on any atom is -0.394 e. The van der Waals surface area contributed by atoms with Crippen LogP contribution in [0.1, 0.15) is 12.5 Å². The molecule has 0 bridgehead atoms. The lowest BCUT2D eigenvalue weighted by Gasteiger charge is -2.38. The quantitative estimate of drug-likeness (QED) is 0.860. The molecule has 2 aromatic heterocycles. The first-order chi connectivity index (χ1) is 9.19. The molecule has 1 fully saturated rings. The van der Waals surface area contributed by atoms with Gasteiger partial charge in [0.05, 0.1) is 25.4 Å². The summed E-state index contributed by atoms with van der Waals surface area (Å²) >= 11 is 0. The predicted molar refractivity (Wildman–Crippen MR) is 71.4 cm³/mol. The topological polar surface area (TPSA) is 62.9 Å². The third kappa shape index (κ3) is 2.17. The van der Waals surface area contributed by atoms with Crippen molar-refractivity contribution < 1.29 is 9.84 Å². The Morgan fingerprint density at radius 2 is 2.32 bits per heavy atom. The van der Waals surface area contributed by atoms with Gasteiger partial charge >= 0.3 is 0 Å². The summed E-state index contributed by atoms with van der Waals surface area (Å²) in [6.45, 7) is 5.46. The molecule has 0 radical (unpaired) electrons. The molecule has 0 spiro atoms. The van der Waals surface area contributed by atoms with Crippen molar-refractivity contribution in [2.45, 2.75) is 26.0 Å². The van der Waals surface area contributed by atoms with Crippen molar-refractivity contribution in [3.63, 3.8) is 0 Å². The van der Waals surface area contributed by atoms with E-state index in [9.17, 15) is 5.11 Å². The average molecular weight is 262 g/mol. The number of rotatable bonds is 2. The Morgan fingerprint density at radius 1 is 1.47 bits per heavy atom. The highest BCUT2D eigenvalue weighted by Crippen LogP contribution is 2.23. The van der Waals surface area contributed by atoms with Gasteiger partial charge < -0.3 is 14.7 Å². The van der Waals surface area contributed by atoms with Crippen molar-refractivity contribution in [2.24, 2.45) is 0 Å². The Kier molecular flexibility index (Phi) is 3.12. The normalized spacial score (nSPS) is 24.1. The van der Waals surface area contributed by atoms with Gasteiger partial charge in [-0.3, -0.25) is 0 Å². The highest BCUT2D eigenvalue weighted by Gasteiger charge is 2.27. The van der Waals surface area contributed by atoms with E-state index < -0.39 is 0 Å². The van der Waals surface area contributed by atoms with Crippen LogP contribution in [0.25, 0.3) is 5.65 Å². The summed E-state index contributed by atoms with van der Waals surface area (Å²) in [6, 6.07) is 4.35. The van der Waals surface area contributed by atoms with Gasteiger partial charge in [0.15, 0.2) is 5.65 Å². The van der Waals surface area contributed by atoms with Crippen molar-refractivity contribution in [3.8, 4) is 0 Å². The predicted octanol–water partition coefficient (Wildman–Crippen LogP) is 0.624. The average Bonchev–Trinajstić information content (AvgIpc) is 2.86. The summed E-state index contributed by atoms with van der Waals surface area (Å²) in [5.41, 5.74) is 1.99. The molecule has 0 aliphatic carbocycles. The summed E-state index contributed by atoms with van der Waals surface area (Å²) in [5, 5.41) is 13.6. The van der Waals surface area contributed by atoms with Crippen LogP contribution in [0.4, 0.5) is 5.82 Å². The van der Waals surface area contributed by atoms with Gasteiger partial charge in [-0.1, -0.05) is 0 Å². The minimum atomic E-state index is -0.143. The van der Waals surface area contributed by atoms with E-state index in [0.29, 0.717) is 13.2 Å². The molecule has 19 heavy (non-hydrogen) atoms. The summed E-state index contributed by atoms with van der Waals surface area (Å²) in [5.74, 6) is 1.00. The van der Waals surface area contributed by atoms with Crippen LogP contribution >= 0.6 is 0 Å². The van der Waals surface area contributed by atoms with Crippen LogP contribution in [-0.4, -0.2) is 51.6 Å². The van der Waals surface area contributed by atoms with Gasteiger partial charge in [-0.25, -0.2) is 4.98 Å². The molecule has 1 N–H and O–H groups in total. The Bertz CT molecular complexity index is 583. The van der Waals surface area contributed by atoms with Crippen molar-refractivity contribution >= 4 is 11.5 Å². The maximum absolute atomic E-state index is 9.28. The van der Waals surface area contributed by atoms with Crippen LogP contribution in [0, 0.1) is 6.92 Å². The van der Waals surface area contributed by atoms with E-state index >= 15 is 0 Å². The van der Waals surface area contributed by atoms with Gasteiger partial charge in [-0.15, -0.1) is 0 Å². The zero-order valence-electron chi connectivity index (χ0n) is 11.2. The number of hydrogen-bond acceptors (Lipinski definition) is 5. The lowest BCUT2D eigenvalue weighted by molar-refractivity contribution is -0.0106. The first-order valence-corrected chi connectivity index (χ1v) is 6.48. The number of aromatic nitrogens is 3. The number of aryl methyl sites for hydroxylation is 1. The van der Waals surface area contributed by atoms with Gasteiger partial charge in [0.1, 0.15) is 12.1 Å². The van der Waals surface area contributed by atoms with Gasteiger partial charge in [0.2, 0.25) is 0 Å². The van der Waals surface area contributed by atoms with Gasteiger partial charge in [-0.05, 0) is 31.5 Å². The molecule has 6 nitrogen and oxygen atoms in total. The fourth-order valence-corrected chi connectivity index (χ4v) is 2.49. The molecule has 2 aromatic rings. The molecule has 2 atom stereocenters. The van der Waals surface area contributed by atoms with Gasteiger partial charge in [-0.2, -0.15) is 9.61 Å². The molecule has 2 unspecified atom stereocenters. The lowest BCUT2D eigenvalue weighted by Crippen LogP contribution is -2.50.